The molecule has 1 rings (SSSR count). The van der Waals surface area contributed by atoms with Crippen LogP contribution in [0.3, 0.4) is 0 Å². The molecule has 0 heterocycles. The van der Waals surface area contributed by atoms with Gasteiger partial charge in [-0.3, -0.25) is 4.79 Å². The van der Waals surface area contributed by atoms with E-state index in [0.29, 0.717) is 18.2 Å². The SMILES string of the molecule is CC[C@@H](C)N(C)CCNC(=O)c1cccc(F)c1. The predicted octanol–water partition coefficient (Wildman–Crippen LogP) is 2.29. The first kappa shape index (κ1) is 14.6. The second-order valence-electron chi connectivity index (χ2n) is 4.50. The Labute approximate surface area is 108 Å². The number of rotatable bonds is 6. The van der Waals surface area contributed by atoms with Gasteiger partial charge < -0.3 is 10.2 Å². The van der Waals surface area contributed by atoms with Crippen LogP contribution in [0.1, 0.15) is 30.6 Å². The van der Waals surface area contributed by atoms with Gasteiger partial charge in [-0.25, -0.2) is 4.39 Å². The van der Waals surface area contributed by atoms with Crippen LogP contribution in [-0.4, -0.2) is 37.0 Å². The lowest BCUT2D eigenvalue weighted by atomic mass is 10.2. The Bertz CT molecular complexity index is 395. The van der Waals surface area contributed by atoms with Crippen molar-refractivity contribution in [1.82, 2.24) is 10.2 Å². The molecule has 1 atom stereocenters. The number of hydrogen-bond acceptors (Lipinski definition) is 2. The van der Waals surface area contributed by atoms with Crippen LogP contribution in [0.15, 0.2) is 24.3 Å². The van der Waals surface area contributed by atoms with E-state index in [-0.39, 0.29) is 11.7 Å². The van der Waals surface area contributed by atoms with Crippen molar-refractivity contribution in [2.24, 2.45) is 0 Å². The number of nitrogens with zero attached hydrogens (tertiary/aromatic N) is 1. The van der Waals surface area contributed by atoms with Gasteiger partial charge in [-0.05, 0) is 38.6 Å². The number of carbonyl (C=O) groups is 1. The maximum Gasteiger partial charge on any atom is 0.251 e. The number of halogens is 1. The number of carbonyl (C=O) groups excluding carboxylic acids is 1. The van der Waals surface area contributed by atoms with Gasteiger partial charge in [0.25, 0.3) is 5.91 Å². The minimum atomic E-state index is -0.389. The zero-order valence-corrected chi connectivity index (χ0v) is 11.2. The minimum Gasteiger partial charge on any atom is -0.351 e. The lowest BCUT2D eigenvalue weighted by molar-refractivity contribution is 0.0947. The van der Waals surface area contributed by atoms with Crippen LogP contribution >= 0.6 is 0 Å². The number of benzene rings is 1. The van der Waals surface area contributed by atoms with Crippen LogP contribution in [0, 0.1) is 5.82 Å². The van der Waals surface area contributed by atoms with Gasteiger partial charge in [-0.2, -0.15) is 0 Å². The summed E-state index contributed by atoms with van der Waals surface area (Å²) in [7, 11) is 2.03. The zero-order valence-electron chi connectivity index (χ0n) is 11.2. The smallest absolute Gasteiger partial charge is 0.251 e. The molecular weight excluding hydrogens is 231 g/mol. The Morgan fingerprint density at radius 2 is 2.22 bits per heavy atom. The molecular formula is C14H21FN2O. The fourth-order valence-corrected chi connectivity index (χ4v) is 1.61. The van der Waals surface area contributed by atoms with Crippen LogP contribution in [0.2, 0.25) is 0 Å². The molecule has 0 aliphatic rings. The first-order chi connectivity index (χ1) is 8.54. The molecule has 0 aliphatic heterocycles. The summed E-state index contributed by atoms with van der Waals surface area (Å²) >= 11 is 0. The summed E-state index contributed by atoms with van der Waals surface area (Å²) in [5.74, 6) is -0.619. The van der Waals surface area contributed by atoms with Gasteiger partial charge in [-0.1, -0.05) is 13.0 Å². The summed E-state index contributed by atoms with van der Waals surface area (Å²) in [5, 5.41) is 2.79. The normalized spacial score (nSPS) is 12.5. The molecule has 0 aliphatic carbocycles. The highest BCUT2D eigenvalue weighted by atomic mass is 19.1. The Morgan fingerprint density at radius 3 is 2.83 bits per heavy atom. The second kappa shape index (κ2) is 7.11. The van der Waals surface area contributed by atoms with Crippen molar-refractivity contribution < 1.29 is 9.18 Å². The van der Waals surface area contributed by atoms with Gasteiger partial charge in [0.05, 0.1) is 0 Å². The van der Waals surface area contributed by atoms with Crippen molar-refractivity contribution in [3.05, 3.63) is 35.6 Å². The van der Waals surface area contributed by atoms with Gasteiger partial charge in [0.15, 0.2) is 0 Å². The lowest BCUT2D eigenvalue weighted by Gasteiger charge is -2.23. The number of hydrogen-bond donors (Lipinski definition) is 1. The standard InChI is InChI=1S/C14H21FN2O/c1-4-11(2)17(3)9-8-16-14(18)12-6-5-7-13(15)10-12/h5-7,10-11H,4,8-9H2,1-3H3,(H,16,18)/t11-/m1/s1. The van der Waals surface area contributed by atoms with Crippen molar-refractivity contribution in [2.45, 2.75) is 26.3 Å². The van der Waals surface area contributed by atoms with Crippen molar-refractivity contribution >= 4 is 5.91 Å². The topological polar surface area (TPSA) is 32.3 Å². The minimum absolute atomic E-state index is 0.230. The quantitative estimate of drug-likeness (QED) is 0.842. The maximum atomic E-state index is 12.9. The van der Waals surface area contributed by atoms with E-state index in [4.69, 9.17) is 0 Å². The van der Waals surface area contributed by atoms with E-state index in [1.165, 1.54) is 18.2 Å². The molecule has 18 heavy (non-hydrogen) atoms. The van der Waals surface area contributed by atoms with Gasteiger partial charge in [-0.15, -0.1) is 0 Å². The molecule has 100 valence electrons. The third-order valence-corrected chi connectivity index (χ3v) is 3.18. The van der Waals surface area contributed by atoms with E-state index in [0.717, 1.165) is 13.0 Å². The first-order valence-electron chi connectivity index (χ1n) is 6.28. The van der Waals surface area contributed by atoms with E-state index in [2.05, 4.69) is 24.1 Å². The average Bonchev–Trinajstić information content (AvgIpc) is 2.37. The van der Waals surface area contributed by atoms with E-state index >= 15 is 0 Å². The Morgan fingerprint density at radius 1 is 1.50 bits per heavy atom. The van der Waals surface area contributed by atoms with Gasteiger partial charge in [0, 0.05) is 24.7 Å². The van der Waals surface area contributed by atoms with Gasteiger partial charge in [0.2, 0.25) is 0 Å². The van der Waals surface area contributed by atoms with Crippen LogP contribution in [0.5, 0.6) is 0 Å². The number of nitrogens with one attached hydrogen (secondary N) is 1. The van der Waals surface area contributed by atoms with Gasteiger partial charge in [0.1, 0.15) is 5.82 Å². The summed E-state index contributed by atoms with van der Waals surface area (Å²) in [5.41, 5.74) is 0.362. The monoisotopic (exact) mass is 252 g/mol. The maximum absolute atomic E-state index is 12.9. The highest BCUT2D eigenvalue weighted by Crippen LogP contribution is 2.03. The zero-order chi connectivity index (χ0) is 13.5. The molecule has 3 nitrogen and oxygen atoms in total. The molecule has 0 fully saturated rings. The third-order valence-electron chi connectivity index (χ3n) is 3.18. The summed E-state index contributed by atoms with van der Waals surface area (Å²) in [6, 6.07) is 6.21. The molecule has 1 N–H and O–H groups in total. The molecule has 0 saturated carbocycles. The van der Waals surface area contributed by atoms with Crippen molar-refractivity contribution in [2.75, 3.05) is 20.1 Å². The van der Waals surface area contributed by atoms with Gasteiger partial charge >= 0.3 is 0 Å². The predicted molar refractivity (Wildman–Crippen MR) is 71.1 cm³/mol. The highest BCUT2D eigenvalue weighted by Gasteiger charge is 2.08. The largest absolute Gasteiger partial charge is 0.351 e. The van der Waals surface area contributed by atoms with Crippen molar-refractivity contribution in [3.8, 4) is 0 Å². The first-order valence-corrected chi connectivity index (χ1v) is 6.28. The molecule has 0 spiro atoms. The molecule has 0 unspecified atom stereocenters. The third kappa shape index (κ3) is 4.45. The summed E-state index contributed by atoms with van der Waals surface area (Å²) in [6.07, 6.45) is 1.08. The fraction of sp³-hybridized carbons (Fsp3) is 0.500. The molecule has 0 bridgehead atoms. The Balaban J connectivity index is 2.38. The molecule has 0 radical (unpaired) electrons. The van der Waals surface area contributed by atoms with Crippen LogP contribution in [-0.2, 0) is 0 Å². The van der Waals surface area contributed by atoms with E-state index in [1.807, 2.05) is 7.05 Å². The lowest BCUT2D eigenvalue weighted by Crippen LogP contribution is -2.37. The number of likely N-dealkylation sites (N-methyl/N-ethyl adjacent to an activating group) is 1. The number of amides is 1. The Kier molecular flexibility index (Phi) is 5.78. The molecule has 4 heteroatoms. The van der Waals surface area contributed by atoms with Crippen LogP contribution < -0.4 is 5.32 Å². The molecule has 1 amide bonds. The summed E-state index contributed by atoms with van der Waals surface area (Å²) in [6.45, 7) is 5.63. The van der Waals surface area contributed by atoms with Crippen molar-refractivity contribution in [1.29, 1.82) is 0 Å². The Hall–Kier alpha value is -1.42. The molecule has 1 aromatic carbocycles. The molecule has 0 aromatic heterocycles. The van der Waals surface area contributed by atoms with Crippen molar-refractivity contribution in [3.63, 3.8) is 0 Å². The average molecular weight is 252 g/mol. The van der Waals surface area contributed by atoms with Crippen LogP contribution in [0.4, 0.5) is 4.39 Å². The summed E-state index contributed by atoms with van der Waals surface area (Å²) in [4.78, 5) is 13.9. The highest BCUT2D eigenvalue weighted by molar-refractivity contribution is 5.94. The fourth-order valence-electron chi connectivity index (χ4n) is 1.61. The summed E-state index contributed by atoms with van der Waals surface area (Å²) < 4.78 is 12.9. The van der Waals surface area contributed by atoms with E-state index in [9.17, 15) is 9.18 Å². The molecule has 0 saturated heterocycles. The van der Waals surface area contributed by atoms with E-state index in [1.54, 1.807) is 6.07 Å². The second-order valence-corrected chi connectivity index (χ2v) is 4.50. The molecule has 1 aromatic rings. The van der Waals surface area contributed by atoms with E-state index < -0.39 is 0 Å². The van der Waals surface area contributed by atoms with Crippen LogP contribution in [0.25, 0.3) is 0 Å².